The number of benzene rings is 2. The summed E-state index contributed by atoms with van der Waals surface area (Å²) >= 11 is 12.2. The quantitative estimate of drug-likeness (QED) is 0.433. The van der Waals surface area contributed by atoms with Gasteiger partial charge in [0.1, 0.15) is 0 Å². The van der Waals surface area contributed by atoms with Crippen molar-refractivity contribution in [2.45, 2.75) is 5.54 Å². The number of carboxylic acid groups (broad SMARTS) is 2. The predicted octanol–water partition coefficient (Wildman–Crippen LogP) is 2.31. The van der Waals surface area contributed by atoms with Crippen molar-refractivity contribution in [3.63, 3.8) is 0 Å². The maximum atomic E-state index is 12.4. The van der Waals surface area contributed by atoms with Gasteiger partial charge in [-0.2, -0.15) is 0 Å². The third kappa shape index (κ3) is 3.12. The molecular weight excluding hydrogens is 411 g/mol. The summed E-state index contributed by atoms with van der Waals surface area (Å²) in [5.74, 6) is -2.77. The summed E-state index contributed by atoms with van der Waals surface area (Å²) in [6, 6.07) is 7.73. The maximum Gasteiger partial charge on any atom is 0.341 e. The summed E-state index contributed by atoms with van der Waals surface area (Å²) in [5, 5.41) is 30.8. The number of non-ortho nitro benzene ring substituents is 1. The number of carbonyl (C=O) groups is 2. The average Bonchev–Trinajstić information content (AvgIpc) is 2.95. The van der Waals surface area contributed by atoms with E-state index >= 15 is 0 Å². The molecule has 0 amide bonds. The van der Waals surface area contributed by atoms with Gasteiger partial charge in [0.05, 0.1) is 15.3 Å². The zero-order chi connectivity index (χ0) is 20.6. The van der Waals surface area contributed by atoms with Gasteiger partial charge in [-0.15, -0.1) is 0 Å². The summed E-state index contributed by atoms with van der Waals surface area (Å²) in [6.07, 6.45) is 1.82. The highest BCUT2D eigenvalue weighted by Gasteiger charge is 2.47. The van der Waals surface area contributed by atoms with Crippen molar-refractivity contribution in [2.75, 3.05) is 0 Å². The van der Waals surface area contributed by atoms with Gasteiger partial charge in [-0.1, -0.05) is 35.3 Å². The standard InChI is InChI=1S/C18H10Cl2N2O6/c19-10-7-13(20)16-12(4-5-15(23)24)18(17(25)26,21-14(16)8-10)9-2-1-3-11(6-9)22(27)28/h1-8H,(H,23,24)(H,25,26). The molecule has 2 aromatic carbocycles. The minimum absolute atomic E-state index is 0.0253. The second kappa shape index (κ2) is 7.06. The van der Waals surface area contributed by atoms with Crippen molar-refractivity contribution in [3.8, 4) is 0 Å². The Morgan fingerprint density at radius 3 is 2.50 bits per heavy atom. The molecule has 0 bridgehead atoms. The Kier molecular flexibility index (Phi) is 4.93. The molecule has 0 saturated carbocycles. The normalized spacial score (nSPS) is 18.0. The molecule has 2 aromatic rings. The van der Waals surface area contributed by atoms with Gasteiger partial charge in [-0.25, -0.2) is 9.59 Å². The molecule has 8 nitrogen and oxygen atoms in total. The number of fused-ring (bicyclic) bond motifs is 1. The number of nitro groups is 1. The van der Waals surface area contributed by atoms with Crippen LogP contribution in [-0.2, 0) is 15.1 Å². The zero-order valence-electron chi connectivity index (χ0n) is 13.8. The Morgan fingerprint density at radius 1 is 1.18 bits per heavy atom. The molecule has 0 aromatic heterocycles. The fourth-order valence-electron chi connectivity index (χ4n) is 3.05. The van der Waals surface area contributed by atoms with E-state index in [0.717, 1.165) is 18.2 Å². The summed E-state index contributed by atoms with van der Waals surface area (Å²) in [5.41, 5.74) is -2.54. The smallest absolute Gasteiger partial charge is 0.341 e. The predicted molar refractivity (Wildman–Crippen MR) is 99.8 cm³/mol. The fraction of sp³-hybridized carbons (Fsp3) is 0.0556. The molecule has 1 aliphatic rings. The molecule has 2 N–H and O–H groups in total. The largest absolute Gasteiger partial charge is 0.479 e. The molecule has 0 saturated heterocycles. The number of halogens is 2. The molecule has 28 heavy (non-hydrogen) atoms. The Labute approximate surface area is 166 Å². The molecule has 142 valence electrons. The van der Waals surface area contributed by atoms with Crippen LogP contribution >= 0.6 is 23.2 Å². The summed E-state index contributed by atoms with van der Waals surface area (Å²) in [4.78, 5) is 38.2. The Morgan fingerprint density at radius 2 is 1.89 bits per heavy atom. The number of carboxylic acids is 2. The van der Waals surface area contributed by atoms with Crippen molar-refractivity contribution in [1.29, 1.82) is 0 Å². The lowest BCUT2D eigenvalue weighted by atomic mass is 9.82. The molecule has 1 aliphatic heterocycles. The minimum atomic E-state index is -2.13. The summed E-state index contributed by atoms with van der Waals surface area (Å²) < 4.78 is 0. The van der Waals surface area contributed by atoms with Gasteiger partial charge in [-0.05, 0) is 18.2 Å². The Bertz CT molecular complexity index is 1190. The lowest BCUT2D eigenvalue weighted by Crippen LogP contribution is -2.34. The van der Waals surface area contributed by atoms with Gasteiger partial charge >= 0.3 is 11.9 Å². The first-order valence-electron chi connectivity index (χ1n) is 7.66. The first-order chi connectivity index (χ1) is 13.2. The number of aliphatic carboxylic acids is 2. The molecule has 0 spiro atoms. The van der Waals surface area contributed by atoms with E-state index in [2.05, 4.69) is 4.99 Å². The van der Waals surface area contributed by atoms with Crippen LogP contribution in [0.2, 0.25) is 10.0 Å². The van der Waals surface area contributed by atoms with E-state index in [1.807, 2.05) is 0 Å². The maximum absolute atomic E-state index is 12.4. The highest BCUT2D eigenvalue weighted by Crippen LogP contribution is 2.39. The van der Waals surface area contributed by atoms with Crippen molar-refractivity contribution < 1.29 is 24.7 Å². The first-order valence-corrected chi connectivity index (χ1v) is 8.41. The van der Waals surface area contributed by atoms with Crippen LogP contribution in [-0.4, -0.2) is 27.1 Å². The van der Waals surface area contributed by atoms with E-state index in [1.165, 1.54) is 30.3 Å². The van der Waals surface area contributed by atoms with Crippen molar-refractivity contribution in [2.24, 2.45) is 4.99 Å². The highest BCUT2D eigenvalue weighted by molar-refractivity contribution is 6.34. The molecule has 1 heterocycles. The summed E-state index contributed by atoms with van der Waals surface area (Å²) in [7, 11) is 0. The van der Waals surface area contributed by atoms with Crippen LogP contribution in [0.3, 0.4) is 0 Å². The molecule has 1 atom stereocenters. The van der Waals surface area contributed by atoms with Crippen molar-refractivity contribution in [1.82, 2.24) is 0 Å². The average molecular weight is 421 g/mol. The molecule has 1 unspecified atom stereocenters. The lowest BCUT2D eigenvalue weighted by molar-refractivity contribution is -0.384. The van der Waals surface area contributed by atoms with E-state index in [-0.39, 0.29) is 37.4 Å². The van der Waals surface area contributed by atoms with Crippen LogP contribution in [0.15, 0.2) is 53.5 Å². The van der Waals surface area contributed by atoms with Gasteiger partial charge in [0.25, 0.3) is 5.69 Å². The number of nitrogens with zero attached hydrogens (tertiary/aromatic N) is 2. The molecule has 0 aliphatic carbocycles. The monoisotopic (exact) mass is 420 g/mol. The minimum Gasteiger partial charge on any atom is -0.479 e. The van der Waals surface area contributed by atoms with Crippen LogP contribution in [0, 0.1) is 10.1 Å². The van der Waals surface area contributed by atoms with E-state index in [0.29, 0.717) is 0 Å². The van der Waals surface area contributed by atoms with Crippen LogP contribution in [0.25, 0.3) is 5.57 Å². The van der Waals surface area contributed by atoms with E-state index in [1.54, 1.807) is 0 Å². The third-order valence-corrected chi connectivity index (χ3v) is 4.67. The third-order valence-electron chi connectivity index (χ3n) is 4.16. The number of hydrogen-bond donors (Lipinski definition) is 2. The van der Waals surface area contributed by atoms with Gasteiger partial charge in [0.2, 0.25) is 5.54 Å². The number of hydrogen-bond acceptors (Lipinski definition) is 5. The second-order valence-corrected chi connectivity index (χ2v) is 6.65. The Hall–Kier alpha value is -3.23. The number of rotatable bonds is 5. The second-order valence-electron chi connectivity index (χ2n) is 5.80. The molecule has 10 heteroatoms. The fourth-order valence-corrected chi connectivity index (χ4v) is 3.63. The van der Waals surface area contributed by atoms with Gasteiger partial charge in [0.15, 0.2) is 0 Å². The van der Waals surface area contributed by atoms with Crippen LogP contribution in [0.1, 0.15) is 5.56 Å². The SMILES string of the molecule is O=C(O)C=CC1=c2c(Cl)cc(Cl)cc2=NC1(C(=O)O)c1cccc([N+](=O)[O-])c1. The van der Waals surface area contributed by atoms with E-state index in [9.17, 15) is 24.8 Å². The van der Waals surface area contributed by atoms with Crippen LogP contribution in [0.4, 0.5) is 5.69 Å². The van der Waals surface area contributed by atoms with Gasteiger partial charge < -0.3 is 10.2 Å². The molecule has 3 rings (SSSR count). The topological polar surface area (TPSA) is 130 Å². The molecular formula is C18H10Cl2N2O6. The zero-order valence-corrected chi connectivity index (χ0v) is 15.3. The Balaban J connectivity index is 2.47. The van der Waals surface area contributed by atoms with Crippen molar-refractivity contribution >= 4 is 46.4 Å². The molecule has 0 radical (unpaired) electrons. The van der Waals surface area contributed by atoms with Gasteiger partial charge in [0, 0.05) is 39.6 Å². The van der Waals surface area contributed by atoms with E-state index < -0.39 is 22.4 Å². The first kappa shape index (κ1) is 19.5. The van der Waals surface area contributed by atoms with E-state index in [4.69, 9.17) is 28.3 Å². The lowest BCUT2D eigenvalue weighted by Gasteiger charge is -2.24. The molecule has 0 fully saturated rings. The highest BCUT2D eigenvalue weighted by atomic mass is 35.5. The van der Waals surface area contributed by atoms with Crippen molar-refractivity contribution in [3.05, 3.63) is 84.8 Å². The van der Waals surface area contributed by atoms with Crippen LogP contribution in [0.5, 0.6) is 0 Å². The van der Waals surface area contributed by atoms with Crippen LogP contribution < -0.4 is 10.6 Å². The summed E-state index contributed by atoms with van der Waals surface area (Å²) in [6.45, 7) is 0. The number of nitro benzene ring substituents is 1. The van der Waals surface area contributed by atoms with Gasteiger partial charge in [-0.3, -0.25) is 15.1 Å².